The molecule has 1 saturated heterocycles. The third kappa shape index (κ3) is 3.22. The Kier molecular flexibility index (Phi) is 5.07. The molecule has 1 heterocycles. The van der Waals surface area contributed by atoms with Crippen molar-refractivity contribution in [2.24, 2.45) is 5.73 Å². The predicted molar refractivity (Wildman–Crippen MR) is 78.2 cm³/mol. The van der Waals surface area contributed by atoms with Crippen LogP contribution in [0.4, 0.5) is 4.39 Å². The third-order valence-corrected chi connectivity index (χ3v) is 4.55. The molecule has 2 nitrogen and oxygen atoms in total. The maximum atomic E-state index is 13.6. The first-order valence-corrected chi connectivity index (χ1v) is 7.40. The van der Waals surface area contributed by atoms with Crippen molar-refractivity contribution < 1.29 is 4.39 Å². The van der Waals surface area contributed by atoms with Crippen LogP contribution in [0.2, 0.25) is 10.0 Å². The number of benzene rings is 1. The van der Waals surface area contributed by atoms with Crippen molar-refractivity contribution in [2.75, 3.05) is 13.1 Å². The second-order valence-corrected chi connectivity index (χ2v) is 5.90. The van der Waals surface area contributed by atoms with E-state index in [1.807, 2.05) is 6.92 Å². The SMILES string of the molecule is CC(c1cc(F)c(Cl)cc1Cl)N1CCCCC1CN. The Balaban J connectivity index is 2.27. The number of nitrogens with zero attached hydrogens (tertiary/aromatic N) is 1. The number of piperidine rings is 1. The molecule has 2 N–H and O–H groups in total. The van der Waals surface area contributed by atoms with Crippen molar-refractivity contribution in [3.63, 3.8) is 0 Å². The van der Waals surface area contributed by atoms with Gasteiger partial charge in [-0.3, -0.25) is 4.90 Å². The molecular formula is C14H19Cl2FN2. The van der Waals surface area contributed by atoms with Crippen LogP contribution in [0.5, 0.6) is 0 Å². The number of rotatable bonds is 3. The molecule has 0 radical (unpaired) electrons. The Morgan fingerprint density at radius 3 is 2.79 bits per heavy atom. The molecule has 0 bridgehead atoms. The van der Waals surface area contributed by atoms with Gasteiger partial charge in [0.15, 0.2) is 0 Å². The molecule has 106 valence electrons. The molecule has 1 aromatic rings. The Bertz CT molecular complexity index is 453. The molecule has 5 heteroatoms. The normalized spacial score (nSPS) is 22.5. The molecule has 0 amide bonds. The van der Waals surface area contributed by atoms with Gasteiger partial charge in [-0.25, -0.2) is 4.39 Å². The van der Waals surface area contributed by atoms with Gasteiger partial charge in [-0.2, -0.15) is 0 Å². The van der Waals surface area contributed by atoms with Gasteiger partial charge in [0.25, 0.3) is 0 Å². The van der Waals surface area contributed by atoms with Gasteiger partial charge >= 0.3 is 0 Å². The summed E-state index contributed by atoms with van der Waals surface area (Å²) in [6, 6.07) is 3.31. The van der Waals surface area contributed by atoms with Crippen molar-refractivity contribution in [2.45, 2.75) is 38.3 Å². The first-order valence-electron chi connectivity index (χ1n) is 6.65. The van der Waals surface area contributed by atoms with Crippen LogP contribution < -0.4 is 5.73 Å². The van der Waals surface area contributed by atoms with Crippen LogP contribution in [0.1, 0.15) is 37.8 Å². The van der Waals surface area contributed by atoms with E-state index < -0.39 is 5.82 Å². The molecule has 0 saturated carbocycles. The molecule has 19 heavy (non-hydrogen) atoms. The van der Waals surface area contributed by atoms with E-state index in [0.29, 0.717) is 17.6 Å². The summed E-state index contributed by atoms with van der Waals surface area (Å²) in [4.78, 5) is 2.32. The van der Waals surface area contributed by atoms with E-state index in [-0.39, 0.29) is 11.1 Å². The lowest BCUT2D eigenvalue weighted by atomic mass is 9.97. The summed E-state index contributed by atoms with van der Waals surface area (Å²) in [5.74, 6) is -0.422. The van der Waals surface area contributed by atoms with Crippen molar-refractivity contribution >= 4 is 23.2 Å². The highest BCUT2D eigenvalue weighted by Gasteiger charge is 2.27. The van der Waals surface area contributed by atoms with Crippen molar-refractivity contribution in [1.82, 2.24) is 4.90 Å². The first kappa shape index (κ1) is 15.0. The molecule has 0 spiro atoms. The Labute approximate surface area is 123 Å². The van der Waals surface area contributed by atoms with E-state index in [9.17, 15) is 4.39 Å². The fourth-order valence-corrected chi connectivity index (χ4v) is 3.36. The van der Waals surface area contributed by atoms with Crippen molar-refractivity contribution in [3.05, 3.63) is 33.6 Å². The summed E-state index contributed by atoms with van der Waals surface area (Å²) in [6.07, 6.45) is 3.44. The van der Waals surface area contributed by atoms with Gasteiger partial charge in [-0.15, -0.1) is 0 Å². The monoisotopic (exact) mass is 304 g/mol. The van der Waals surface area contributed by atoms with Crippen LogP contribution in [0.15, 0.2) is 12.1 Å². The average molecular weight is 305 g/mol. The van der Waals surface area contributed by atoms with Gasteiger partial charge in [0.2, 0.25) is 0 Å². The highest BCUT2D eigenvalue weighted by Crippen LogP contribution is 2.34. The molecule has 2 rings (SSSR count). The zero-order valence-electron chi connectivity index (χ0n) is 11.0. The summed E-state index contributed by atoms with van der Waals surface area (Å²) in [5, 5.41) is 0.579. The maximum Gasteiger partial charge on any atom is 0.142 e. The largest absolute Gasteiger partial charge is 0.329 e. The molecule has 1 fully saturated rings. The topological polar surface area (TPSA) is 29.3 Å². The molecule has 1 aromatic carbocycles. The minimum Gasteiger partial charge on any atom is -0.329 e. The Morgan fingerprint density at radius 2 is 2.11 bits per heavy atom. The predicted octanol–water partition coefficient (Wildman–Crippen LogP) is 4.01. The van der Waals surface area contributed by atoms with E-state index >= 15 is 0 Å². The molecule has 1 aliphatic rings. The van der Waals surface area contributed by atoms with Gasteiger partial charge in [-0.1, -0.05) is 29.6 Å². The molecule has 0 aliphatic carbocycles. The van der Waals surface area contributed by atoms with E-state index in [1.165, 1.54) is 18.6 Å². The van der Waals surface area contributed by atoms with E-state index in [2.05, 4.69) is 4.90 Å². The first-order chi connectivity index (χ1) is 9.04. The summed E-state index contributed by atoms with van der Waals surface area (Å²) in [7, 11) is 0. The summed E-state index contributed by atoms with van der Waals surface area (Å²) < 4.78 is 13.6. The molecular weight excluding hydrogens is 286 g/mol. The standard InChI is InChI=1S/C14H19Cl2FN2/c1-9(19-5-3-2-4-10(19)8-18)11-6-14(17)13(16)7-12(11)15/h6-7,9-10H,2-5,8,18H2,1H3. The lowest BCUT2D eigenvalue weighted by Crippen LogP contribution is -2.45. The van der Waals surface area contributed by atoms with Crippen LogP contribution in [0.3, 0.4) is 0 Å². The second-order valence-electron chi connectivity index (χ2n) is 5.09. The number of halogens is 3. The van der Waals surface area contributed by atoms with Gasteiger partial charge < -0.3 is 5.73 Å². The van der Waals surface area contributed by atoms with Gasteiger partial charge in [0.1, 0.15) is 5.82 Å². The van der Waals surface area contributed by atoms with E-state index in [4.69, 9.17) is 28.9 Å². The van der Waals surface area contributed by atoms with E-state index in [0.717, 1.165) is 24.9 Å². The third-order valence-electron chi connectivity index (χ3n) is 3.93. The highest BCUT2D eigenvalue weighted by molar-refractivity contribution is 6.35. The van der Waals surface area contributed by atoms with Gasteiger partial charge in [0, 0.05) is 23.7 Å². The van der Waals surface area contributed by atoms with Crippen LogP contribution in [0.25, 0.3) is 0 Å². The second kappa shape index (κ2) is 6.40. The number of likely N-dealkylation sites (tertiary alicyclic amines) is 1. The fourth-order valence-electron chi connectivity index (χ4n) is 2.82. The van der Waals surface area contributed by atoms with Gasteiger partial charge in [0.05, 0.1) is 5.02 Å². The minimum absolute atomic E-state index is 0.0492. The minimum atomic E-state index is -0.422. The molecule has 2 atom stereocenters. The number of nitrogens with two attached hydrogens (primary N) is 1. The fraction of sp³-hybridized carbons (Fsp3) is 0.571. The summed E-state index contributed by atoms with van der Waals surface area (Å²) in [5.41, 5.74) is 6.61. The van der Waals surface area contributed by atoms with Crippen LogP contribution in [0, 0.1) is 5.82 Å². The smallest absolute Gasteiger partial charge is 0.142 e. The van der Waals surface area contributed by atoms with Crippen molar-refractivity contribution in [1.29, 1.82) is 0 Å². The van der Waals surface area contributed by atoms with E-state index in [1.54, 1.807) is 0 Å². The Hall–Kier alpha value is -0.350. The average Bonchev–Trinajstić information content (AvgIpc) is 2.42. The Morgan fingerprint density at radius 1 is 1.37 bits per heavy atom. The van der Waals surface area contributed by atoms with Crippen LogP contribution in [-0.4, -0.2) is 24.0 Å². The quantitative estimate of drug-likeness (QED) is 0.855. The molecule has 2 unspecified atom stereocenters. The molecule has 1 aliphatic heterocycles. The lowest BCUT2D eigenvalue weighted by Gasteiger charge is -2.39. The summed E-state index contributed by atoms with van der Waals surface area (Å²) in [6.45, 7) is 3.64. The zero-order chi connectivity index (χ0) is 14.0. The number of hydrogen-bond donors (Lipinski definition) is 1. The maximum absolute atomic E-state index is 13.6. The number of hydrogen-bond acceptors (Lipinski definition) is 2. The van der Waals surface area contributed by atoms with Gasteiger partial charge in [-0.05, 0) is 44.0 Å². The lowest BCUT2D eigenvalue weighted by molar-refractivity contribution is 0.108. The zero-order valence-corrected chi connectivity index (χ0v) is 12.5. The van der Waals surface area contributed by atoms with Crippen LogP contribution in [-0.2, 0) is 0 Å². The van der Waals surface area contributed by atoms with Crippen molar-refractivity contribution in [3.8, 4) is 0 Å². The summed E-state index contributed by atoms with van der Waals surface area (Å²) >= 11 is 11.9. The highest BCUT2D eigenvalue weighted by atomic mass is 35.5. The molecule has 0 aromatic heterocycles. The van der Waals surface area contributed by atoms with Crippen LogP contribution >= 0.6 is 23.2 Å².